The third-order valence-electron chi connectivity index (χ3n) is 2.73. The van der Waals surface area contributed by atoms with E-state index in [1.54, 1.807) is 11.3 Å². The second-order valence-electron chi connectivity index (χ2n) is 3.92. The molecule has 0 saturated heterocycles. The van der Waals surface area contributed by atoms with Crippen LogP contribution in [0.1, 0.15) is 5.56 Å². The van der Waals surface area contributed by atoms with Crippen molar-refractivity contribution in [3.8, 4) is 10.6 Å². The van der Waals surface area contributed by atoms with E-state index in [-0.39, 0.29) is 0 Å². The molecule has 17 heavy (non-hydrogen) atoms. The van der Waals surface area contributed by atoms with Gasteiger partial charge in [-0.25, -0.2) is 4.98 Å². The number of hydrogen-bond donors (Lipinski definition) is 0. The summed E-state index contributed by atoms with van der Waals surface area (Å²) in [4.78, 5) is 4.72. The van der Waals surface area contributed by atoms with Gasteiger partial charge in [-0.1, -0.05) is 24.3 Å². The number of halogens is 1. The normalized spacial score (nSPS) is 10.9. The van der Waals surface area contributed by atoms with E-state index in [2.05, 4.69) is 65.9 Å². The van der Waals surface area contributed by atoms with Crippen LogP contribution in [0.2, 0.25) is 0 Å². The van der Waals surface area contributed by atoms with Crippen molar-refractivity contribution >= 4 is 44.1 Å². The van der Waals surface area contributed by atoms with Crippen LogP contribution in [-0.2, 0) is 0 Å². The number of aryl methyl sites for hydroxylation is 1. The zero-order valence-electron chi connectivity index (χ0n) is 9.27. The summed E-state index contributed by atoms with van der Waals surface area (Å²) in [5.74, 6) is 0. The number of hydrogen-bond acceptors (Lipinski definition) is 2. The van der Waals surface area contributed by atoms with E-state index in [1.807, 2.05) is 6.07 Å². The summed E-state index contributed by atoms with van der Waals surface area (Å²) in [6, 6.07) is 14.7. The molecule has 3 aromatic rings. The molecule has 1 aromatic heterocycles. The lowest BCUT2D eigenvalue weighted by molar-refractivity contribution is 1.40. The van der Waals surface area contributed by atoms with Crippen LogP contribution < -0.4 is 0 Å². The van der Waals surface area contributed by atoms with Crippen molar-refractivity contribution in [2.24, 2.45) is 0 Å². The summed E-state index contributed by atoms with van der Waals surface area (Å²) in [6.45, 7) is 2.14. The molecule has 0 unspecified atom stereocenters. The van der Waals surface area contributed by atoms with E-state index < -0.39 is 0 Å². The fourth-order valence-corrected chi connectivity index (χ4v) is 4.04. The highest BCUT2D eigenvalue weighted by Crippen LogP contribution is 2.34. The Bertz CT molecular complexity index is 634. The molecule has 1 heterocycles. The first-order chi connectivity index (χ1) is 8.25. The van der Waals surface area contributed by atoms with Gasteiger partial charge in [-0.05, 0) is 53.3 Å². The monoisotopic (exact) mass is 351 g/mol. The van der Waals surface area contributed by atoms with E-state index in [0.717, 1.165) is 10.5 Å². The first-order valence-electron chi connectivity index (χ1n) is 5.37. The van der Waals surface area contributed by atoms with Gasteiger partial charge in [0.1, 0.15) is 5.01 Å². The highest BCUT2D eigenvalue weighted by molar-refractivity contribution is 14.1. The molecule has 0 radical (unpaired) electrons. The average molecular weight is 351 g/mol. The van der Waals surface area contributed by atoms with Crippen molar-refractivity contribution in [3.63, 3.8) is 0 Å². The molecule has 0 spiro atoms. The SMILES string of the molecule is Cc1cccc(I)c1-c1nc2ccccc2s1. The van der Waals surface area contributed by atoms with Gasteiger partial charge in [0, 0.05) is 9.13 Å². The molecule has 3 heteroatoms. The Morgan fingerprint density at radius 3 is 2.65 bits per heavy atom. The summed E-state index contributed by atoms with van der Waals surface area (Å²) in [5, 5.41) is 1.12. The molecule has 0 aliphatic rings. The lowest BCUT2D eigenvalue weighted by atomic mass is 10.1. The van der Waals surface area contributed by atoms with Crippen LogP contribution >= 0.6 is 33.9 Å². The number of aromatic nitrogens is 1. The Morgan fingerprint density at radius 1 is 1.06 bits per heavy atom. The van der Waals surface area contributed by atoms with E-state index >= 15 is 0 Å². The van der Waals surface area contributed by atoms with Crippen molar-refractivity contribution in [1.82, 2.24) is 4.98 Å². The fraction of sp³-hybridized carbons (Fsp3) is 0.0714. The summed E-state index contributed by atoms with van der Waals surface area (Å²) in [7, 11) is 0. The van der Waals surface area contributed by atoms with Crippen LogP contribution in [0.15, 0.2) is 42.5 Å². The van der Waals surface area contributed by atoms with E-state index in [0.29, 0.717) is 0 Å². The summed E-state index contributed by atoms with van der Waals surface area (Å²) >= 11 is 4.14. The van der Waals surface area contributed by atoms with Gasteiger partial charge >= 0.3 is 0 Å². The highest BCUT2D eigenvalue weighted by atomic mass is 127. The predicted molar refractivity (Wildman–Crippen MR) is 82.5 cm³/mol. The Labute approximate surface area is 118 Å². The molecule has 0 N–H and O–H groups in total. The largest absolute Gasteiger partial charge is 0.236 e. The van der Waals surface area contributed by atoms with Crippen molar-refractivity contribution in [2.75, 3.05) is 0 Å². The smallest absolute Gasteiger partial charge is 0.125 e. The average Bonchev–Trinajstić information content (AvgIpc) is 2.71. The van der Waals surface area contributed by atoms with E-state index in [1.165, 1.54) is 19.4 Å². The number of thiazole rings is 1. The second kappa shape index (κ2) is 4.38. The number of rotatable bonds is 1. The van der Waals surface area contributed by atoms with Crippen molar-refractivity contribution < 1.29 is 0 Å². The van der Waals surface area contributed by atoms with Gasteiger partial charge in [0.05, 0.1) is 10.2 Å². The number of para-hydroxylation sites is 1. The van der Waals surface area contributed by atoms with E-state index in [9.17, 15) is 0 Å². The molecule has 1 nitrogen and oxygen atoms in total. The minimum Gasteiger partial charge on any atom is -0.236 e. The van der Waals surface area contributed by atoms with Gasteiger partial charge in [0.15, 0.2) is 0 Å². The van der Waals surface area contributed by atoms with Gasteiger partial charge in [-0.3, -0.25) is 0 Å². The third-order valence-corrected chi connectivity index (χ3v) is 4.68. The third kappa shape index (κ3) is 1.98. The minimum absolute atomic E-state index is 1.09. The maximum absolute atomic E-state index is 4.72. The lowest BCUT2D eigenvalue weighted by Gasteiger charge is -2.04. The standard InChI is InChI=1S/C14H10INS/c1-9-5-4-6-10(15)13(9)14-16-11-7-2-3-8-12(11)17-14/h2-8H,1H3. The number of benzene rings is 2. The predicted octanol–water partition coefficient (Wildman–Crippen LogP) is 4.88. The molecule has 3 rings (SSSR count). The van der Waals surface area contributed by atoms with Crippen LogP contribution in [0.5, 0.6) is 0 Å². The zero-order chi connectivity index (χ0) is 11.8. The second-order valence-corrected chi connectivity index (χ2v) is 6.11. The topological polar surface area (TPSA) is 12.9 Å². The molecule has 0 saturated carbocycles. The minimum atomic E-state index is 1.09. The molecule has 2 aromatic carbocycles. The highest BCUT2D eigenvalue weighted by Gasteiger charge is 2.11. The van der Waals surface area contributed by atoms with Crippen molar-refractivity contribution in [2.45, 2.75) is 6.92 Å². The molecule has 0 aliphatic heterocycles. The van der Waals surface area contributed by atoms with Crippen LogP contribution in [0.3, 0.4) is 0 Å². The number of nitrogens with zero attached hydrogens (tertiary/aromatic N) is 1. The molecule has 0 amide bonds. The molecule has 0 bridgehead atoms. The Hall–Kier alpha value is -0.940. The van der Waals surface area contributed by atoms with Crippen molar-refractivity contribution in [3.05, 3.63) is 51.6 Å². The van der Waals surface area contributed by atoms with E-state index in [4.69, 9.17) is 4.98 Å². The Morgan fingerprint density at radius 2 is 1.88 bits per heavy atom. The first-order valence-corrected chi connectivity index (χ1v) is 7.26. The zero-order valence-corrected chi connectivity index (χ0v) is 12.2. The summed E-state index contributed by atoms with van der Waals surface area (Å²) in [6.07, 6.45) is 0. The summed E-state index contributed by atoms with van der Waals surface area (Å²) < 4.78 is 2.52. The van der Waals surface area contributed by atoms with Crippen LogP contribution in [0.25, 0.3) is 20.8 Å². The van der Waals surface area contributed by atoms with Crippen LogP contribution in [0, 0.1) is 10.5 Å². The summed E-state index contributed by atoms with van der Waals surface area (Å²) in [5.41, 5.74) is 3.65. The molecule has 0 atom stereocenters. The van der Waals surface area contributed by atoms with Gasteiger partial charge in [0.2, 0.25) is 0 Å². The van der Waals surface area contributed by atoms with Gasteiger partial charge in [0.25, 0.3) is 0 Å². The Kier molecular flexibility index (Phi) is 2.88. The molecular formula is C14H10INS. The Balaban J connectivity index is 2.27. The molecule has 84 valence electrons. The maximum Gasteiger partial charge on any atom is 0.125 e. The molecular weight excluding hydrogens is 341 g/mol. The maximum atomic E-state index is 4.72. The first kappa shape index (κ1) is 11.2. The van der Waals surface area contributed by atoms with Crippen LogP contribution in [-0.4, -0.2) is 4.98 Å². The van der Waals surface area contributed by atoms with Gasteiger partial charge in [-0.2, -0.15) is 0 Å². The van der Waals surface area contributed by atoms with Gasteiger partial charge in [-0.15, -0.1) is 11.3 Å². The van der Waals surface area contributed by atoms with Gasteiger partial charge < -0.3 is 0 Å². The number of fused-ring (bicyclic) bond motifs is 1. The molecule has 0 fully saturated rings. The van der Waals surface area contributed by atoms with Crippen LogP contribution in [0.4, 0.5) is 0 Å². The molecule has 0 aliphatic carbocycles. The lowest BCUT2D eigenvalue weighted by Crippen LogP contribution is -1.85. The quantitative estimate of drug-likeness (QED) is 0.570. The fourth-order valence-electron chi connectivity index (χ4n) is 1.88. The van der Waals surface area contributed by atoms with Crippen molar-refractivity contribution in [1.29, 1.82) is 0 Å².